The highest BCUT2D eigenvalue weighted by atomic mass is 16.2. The van der Waals surface area contributed by atoms with Crippen molar-refractivity contribution in [3.8, 4) is 0 Å². The van der Waals surface area contributed by atoms with Gasteiger partial charge in [0.2, 0.25) is 5.91 Å². The van der Waals surface area contributed by atoms with Crippen LogP contribution in [0.25, 0.3) is 0 Å². The maximum Gasteiger partial charge on any atom is 0.276 e. The second kappa shape index (κ2) is 8.05. The number of carbonyl (C=O) groups is 2. The SMILES string of the molecule is CCN(CC)c1ccc(C(=O)Nc2cccc(NC(C)=O)c2)nn1. The van der Waals surface area contributed by atoms with Crippen LogP contribution in [0.4, 0.5) is 17.2 Å². The molecule has 1 heterocycles. The van der Waals surface area contributed by atoms with Gasteiger partial charge in [0.05, 0.1) is 0 Å². The molecule has 0 radical (unpaired) electrons. The van der Waals surface area contributed by atoms with Gasteiger partial charge in [-0.15, -0.1) is 10.2 Å². The molecule has 7 nitrogen and oxygen atoms in total. The lowest BCUT2D eigenvalue weighted by Crippen LogP contribution is -2.24. The zero-order valence-electron chi connectivity index (χ0n) is 14.0. The summed E-state index contributed by atoms with van der Waals surface area (Å²) in [4.78, 5) is 25.4. The molecule has 24 heavy (non-hydrogen) atoms. The molecule has 0 fully saturated rings. The van der Waals surface area contributed by atoms with E-state index in [1.165, 1.54) is 6.92 Å². The molecule has 0 bridgehead atoms. The Morgan fingerprint density at radius 3 is 2.21 bits per heavy atom. The fraction of sp³-hybridized carbons (Fsp3) is 0.294. The van der Waals surface area contributed by atoms with Crippen LogP contribution in [0.5, 0.6) is 0 Å². The lowest BCUT2D eigenvalue weighted by atomic mass is 10.2. The molecule has 0 atom stereocenters. The minimum Gasteiger partial charge on any atom is -0.356 e. The molecule has 0 spiro atoms. The third-order valence-electron chi connectivity index (χ3n) is 3.41. The van der Waals surface area contributed by atoms with Crippen molar-refractivity contribution in [1.29, 1.82) is 0 Å². The van der Waals surface area contributed by atoms with Crippen LogP contribution in [0.15, 0.2) is 36.4 Å². The van der Waals surface area contributed by atoms with E-state index in [-0.39, 0.29) is 17.5 Å². The molecule has 1 aromatic carbocycles. The first-order valence-electron chi connectivity index (χ1n) is 7.81. The Morgan fingerprint density at radius 1 is 1.00 bits per heavy atom. The number of rotatable bonds is 6. The maximum atomic E-state index is 12.3. The Kier molecular flexibility index (Phi) is 5.83. The van der Waals surface area contributed by atoms with Gasteiger partial charge < -0.3 is 15.5 Å². The Morgan fingerprint density at radius 2 is 1.67 bits per heavy atom. The summed E-state index contributed by atoms with van der Waals surface area (Å²) in [5.74, 6) is 0.217. The van der Waals surface area contributed by atoms with Crippen LogP contribution >= 0.6 is 0 Å². The summed E-state index contributed by atoms with van der Waals surface area (Å²) in [6, 6.07) is 10.3. The highest BCUT2D eigenvalue weighted by Gasteiger charge is 2.11. The van der Waals surface area contributed by atoms with E-state index in [4.69, 9.17) is 0 Å². The summed E-state index contributed by atoms with van der Waals surface area (Å²) in [5, 5.41) is 13.5. The molecule has 0 unspecified atom stereocenters. The van der Waals surface area contributed by atoms with E-state index in [0.717, 1.165) is 18.9 Å². The molecule has 2 amide bonds. The van der Waals surface area contributed by atoms with Crippen molar-refractivity contribution in [3.05, 3.63) is 42.1 Å². The highest BCUT2D eigenvalue weighted by molar-refractivity contribution is 6.03. The average Bonchev–Trinajstić information content (AvgIpc) is 2.56. The molecule has 0 saturated carbocycles. The fourth-order valence-electron chi connectivity index (χ4n) is 2.24. The molecule has 1 aromatic heterocycles. The number of nitrogens with one attached hydrogen (secondary N) is 2. The average molecular weight is 327 g/mol. The third kappa shape index (κ3) is 4.52. The summed E-state index contributed by atoms with van der Waals surface area (Å²) < 4.78 is 0. The Balaban J connectivity index is 2.08. The second-order valence-electron chi connectivity index (χ2n) is 5.17. The van der Waals surface area contributed by atoms with Crippen LogP contribution in [0.2, 0.25) is 0 Å². The van der Waals surface area contributed by atoms with Gasteiger partial charge in [-0.05, 0) is 44.2 Å². The maximum absolute atomic E-state index is 12.3. The minimum absolute atomic E-state index is 0.170. The molecule has 126 valence electrons. The second-order valence-corrected chi connectivity index (χ2v) is 5.17. The molecule has 2 aromatic rings. The van der Waals surface area contributed by atoms with Gasteiger partial charge in [0.15, 0.2) is 11.5 Å². The number of anilines is 3. The van der Waals surface area contributed by atoms with E-state index < -0.39 is 0 Å². The molecule has 0 aliphatic carbocycles. The Labute approximate surface area is 141 Å². The van der Waals surface area contributed by atoms with Crippen molar-refractivity contribution >= 4 is 29.0 Å². The van der Waals surface area contributed by atoms with E-state index in [1.54, 1.807) is 36.4 Å². The smallest absolute Gasteiger partial charge is 0.276 e. The van der Waals surface area contributed by atoms with E-state index in [2.05, 4.69) is 20.8 Å². The van der Waals surface area contributed by atoms with Crippen LogP contribution in [0.1, 0.15) is 31.3 Å². The molecular formula is C17H21N5O2. The quantitative estimate of drug-likeness (QED) is 0.851. The number of benzene rings is 1. The van der Waals surface area contributed by atoms with Crippen molar-refractivity contribution in [3.63, 3.8) is 0 Å². The van der Waals surface area contributed by atoms with Gasteiger partial charge in [0.1, 0.15) is 0 Å². The number of aromatic nitrogens is 2. The molecule has 7 heteroatoms. The largest absolute Gasteiger partial charge is 0.356 e. The zero-order chi connectivity index (χ0) is 17.5. The summed E-state index contributed by atoms with van der Waals surface area (Å²) in [5.41, 5.74) is 1.42. The zero-order valence-corrected chi connectivity index (χ0v) is 14.0. The fourth-order valence-corrected chi connectivity index (χ4v) is 2.24. The van der Waals surface area contributed by atoms with Gasteiger partial charge in [0.25, 0.3) is 5.91 Å². The number of nitrogens with zero attached hydrogens (tertiary/aromatic N) is 3. The van der Waals surface area contributed by atoms with Crippen molar-refractivity contribution in [1.82, 2.24) is 10.2 Å². The molecular weight excluding hydrogens is 306 g/mol. The van der Waals surface area contributed by atoms with Crippen molar-refractivity contribution in [2.45, 2.75) is 20.8 Å². The Bertz CT molecular complexity index is 711. The number of carbonyl (C=O) groups excluding carboxylic acids is 2. The Hall–Kier alpha value is -2.96. The standard InChI is InChI=1S/C17H21N5O2/c1-4-22(5-2)16-10-9-15(20-21-16)17(24)19-14-8-6-7-13(11-14)18-12(3)23/h6-11H,4-5H2,1-3H3,(H,18,23)(H,19,24). The van der Waals surface area contributed by atoms with Gasteiger partial charge in [0, 0.05) is 31.4 Å². The van der Waals surface area contributed by atoms with Crippen LogP contribution in [-0.4, -0.2) is 35.1 Å². The molecule has 0 aliphatic rings. The number of hydrogen-bond acceptors (Lipinski definition) is 5. The first kappa shape index (κ1) is 17.4. The first-order valence-corrected chi connectivity index (χ1v) is 7.81. The lowest BCUT2D eigenvalue weighted by molar-refractivity contribution is -0.114. The van der Waals surface area contributed by atoms with Crippen molar-refractivity contribution in [2.75, 3.05) is 28.6 Å². The van der Waals surface area contributed by atoms with Gasteiger partial charge in [-0.1, -0.05) is 6.07 Å². The predicted octanol–water partition coefficient (Wildman–Crippen LogP) is 2.53. The molecule has 0 aliphatic heterocycles. The van der Waals surface area contributed by atoms with Crippen LogP contribution in [0.3, 0.4) is 0 Å². The minimum atomic E-state index is -0.353. The number of amides is 2. The monoisotopic (exact) mass is 327 g/mol. The van der Waals surface area contributed by atoms with Gasteiger partial charge in [-0.3, -0.25) is 9.59 Å². The molecule has 2 rings (SSSR count). The van der Waals surface area contributed by atoms with Crippen LogP contribution in [0, 0.1) is 0 Å². The molecule has 2 N–H and O–H groups in total. The normalized spacial score (nSPS) is 10.1. The highest BCUT2D eigenvalue weighted by Crippen LogP contribution is 2.16. The predicted molar refractivity (Wildman–Crippen MR) is 94.3 cm³/mol. The summed E-state index contributed by atoms with van der Waals surface area (Å²) in [6.07, 6.45) is 0. The summed E-state index contributed by atoms with van der Waals surface area (Å²) in [7, 11) is 0. The van der Waals surface area contributed by atoms with Crippen LogP contribution < -0.4 is 15.5 Å². The van der Waals surface area contributed by atoms with Crippen LogP contribution in [-0.2, 0) is 4.79 Å². The van der Waals surface area contributed by atoms with Gasteiger partial charge in [-0.2, -0.15) is 0 Å². The van der Waals surface area contributed by atoms with Gasteiger partial charge in [-0.25, -0.2) is 0 Å². The van der Waals surface area contributed by atoms with E-state index >= 15 is 0 Å². The van der Waals surface area contributed by atoms with E-state index in [1.807, 2.05) is 18.7 Å². The summed E-state index contributed by atoms with van der Waals surface area (Å²) >= 11 is 0. The lowest BCUT2D eigenvalue weighted by Gasteiger charge is -2.18. The van der Waals surface area contributed by atoms with Crippen molar-refractivity contribution in [2.24, 2.45) is 0 Å². The third-order valence-corrected chi connectivity index (χ3v) is 3.41. The number of hydrogen-bond donors (Lipinski definition) is 2. The topological polar surface area (TPSA) is 87.2 Å². The molecule has 0 saturated heterocycles. The first-order chi connectivity index (χ1) is 11.5. The summed E-state index contributed by atoms with van der Waals surface area (Å²) in [6.45, 7) is 7.15. The van der Waals surface area contributed by atoms with E-state index in [9.17, 15) is 9.59 Å². The van der Waals surface area contributed by atoms with Crippen molar-refractivity contribution < 1.29 is 9.59 Å². The van der Waals surface area contributed by atoms with E-state index in [0.29, 0.717) is 11.4 Å². The van der Waals surface area contributed by atoms with Gasteiger partial charge >= 0.3 is 0 Å².